The summed E-state index contributed by atoms with van der Waals surface area (Å²) >= 11 is 0. The molecular weight excluding hydrogens is 250 g/mol. The number of alkyl carbamates (subject to hydrolysis) is 1. The van der Waals surface area contributed by atoms with E-state index >= 15 is 0 Å². The van der Waals surface area contributed by atoms with Crippen LogP contribution in [0.25, 0.3) is 21.5 Å². The molecule has 0 saturated carbocycles. The standard InChI is InChI=1S/C17H13NO2/c19-17-18-16(10-20-17)15-9-11-5-1-2-6-12(11)13-7-3-4-8-14(13)15/h1-9,16H,10H2,(H,18,19)/t16-/m1/s1. The fourth-order valence-corrected chi connectivity index (χ4v) is 2.92. The lowest BCUT2D eigenvalue weighted by Gasteiger charge is -2.14. The van der Waals surface area contributed by atoms with Gasteiger partial charge < -0.3 is 10.1 Å². The molecule has 98 valence electrons. The van der Waals surface area contributed by atoms with Gasteiger partial charge in [0, 0.05) is 0 Å². The molecule has 0 bridgehead atoms. The van der Waals surface area contributed by atoms with Gasteiger partial charge in [-0.1, -0.05) is 48.5 Å². The van der Waals surface area contributed by atoms with E-state index in [9.17, 15) is 4.79 Å². The van der Waals surface area contributed by atoms with Crippen LogP contribution in [-0.4, -0.2) is 12.7 Å². The zero-order valence-corrected chi connectivity index (χ0v) is 10.8. The Bertz CT molecular complexity index is 825. The maximum absolute atomic E-state index is 11.3. The van der Waals surface area contributed by atoms with E-state index in [2.05, 4.69) is 41.7 Å². The number of carbonyl (C=O) groups excluding carboxylic acids is 1. The molecule has 4 rings (SSSR count). The van der Waals surface area contributed by atoms with Crippen molar-refractivity contribution in [1.82, 2.24) is 5.32 Å². The smallest absolute Gasteiger partial charge is 0.407 e. The van der Waals surface area contributed by atoms with Crippen molar-refractivity contribution in [3.05, 3.63) is 60.2 Å². The van der Waals surface area contributed by atoms with Gasteiger partial charge in [0.15, 0.2) is 0 Å². The van der Waals surface area contributed by atoms with Crippen LogP contribution in [-0.2, 0) is 4.74 Å². The molecule has 0 radical (unpaired) electrons. The van der Waals surface area contributed by atoms with E-state index in [0.29, 0.717) is 6.61 Å². The second-order valence-electron chi connectivity index (χ2n) is 5.03. The molecule has 1 saturated heterocycles. The molecule has 1 N–H and O–H groups in total. The lowest BCUT2D eigenvalue weighted by atomic mass is 9.94. The highest BCUT2D eigenvalue weighted by molar-refractivity contribution is 6.09. The quantitative estimate of drug-likeness (QED) is 0.679. The van der Waals surface area contributed by atoms with Gasteiger partial charge in [0.1, 0.15) is 6.61 Å². The average molecular weight is 263 g/mol. The Labute approximate surface area is 116 Å². The molecule has 3 heteroatoms. The Morgan fingerprint density at radius 3 is 2.40 bits per heavy atom. The van der Waals surface area contributed by atoms with Crippen LogP contribution in [0, 0.1) is 0 Å². The summed E-state index contributed by atoms with van der Waals surface area (Å²) < 4.78 is 5.03. The topological polar surface area (TPSA) is 38.3 Å². The third-order valence-electron chi connectivity index (χ3n) is 3.85. The van der Waals surface area contributed by atoms with Crippen molar-refractivity contribution in [2.75, 3.05) is 6.61 Å². The van der Waals surface area contributed by atoms with Crippen LogP contribution in [0.15, 0.2) is 54.6 Å². The normalized spacial score (nSPS) is 18.2. The molecular formula is C17H13NO2. The summed E-state index contributed by atoms with van der Waals surface area (Å²) in [5.74, 6) is 0. The summed E-state index contributed by atoms with van der Waals surface area (Å²) in [6, 6.07) is 18.7. The number of fused-ring (bicyclic) bond motifs is 3. The van der Waals surface area contributed by atoms with Crippen LogP contribution in [0.1, 0.15) is 11.6 Å². The van der Waals surface area contributed by atoms with E-state index in [1.807, 2.05) is 18.2 Å². The molecule has 1 aliphatic rings. The summed E-state index contributed by atoms with van der Waals surface area (Å²) in [7, 11) is 0. The van der Waals surface area contributed by atoms with Crippen molar-refractivity contribution in [3.63, 3.8) is 0 Å². The predicted octanol–water partition coefficient (Wildman–Crippen LogP) is 3.77. The zero-order valence-electron chi connectivity index (χ0n) is 10.8. The Morgan fingerprint density at radius 2 is 1.65 bits per heavy atom. The number of hydrogen-bond donors (Lipinski definition) is 1. The van der Waals surface area contributed by atoms with E-state index in [1.165, 1.54) is 21.5 Å². The average Bonchev–Trinajstić information content (AvgIpc) is 2.93. The van der Waals surface area contributed by atoms with Crippen molar-refractivity contribution in [3.8, 4) is 0 Å². The van der Waals surface area contributed by atoms with Gasteiger partial charge in [0.25, 0.3) is 0 Å². The van der Waals surface area contributed by atoms with E-state index < -0.39 is 0 Å². The molecule has 0 aromatic heterocycles. The van der Waals surface area contributed by atoms with E-state index in [0.717, 1.165) is 5.56 Å². The van der Waals surface area contributed by atoms with Gasteiger partial charge in [-0.2, -0.15) is 0 Å². The first-order valence-electron chi connectivity index (χ1n) is 6.66. The van der Waals surface area contributed by atoms with E-state index in [-0.39, 0.29) is 12.1 Å². The van der Waals surface area contributed by atoms with Crippen molar-refractivity contribution < 1.29 is 9.53 Å². The van der Waals surface area contributed by atoms with Gasteiger partial charge in [-0.25, -0.2) is 4.79 Å². The molecule has 1 amide bonds. The fourth-order valence-electron chi connectivity index (χ4n) is 2.92. The Balaban J connectivity index is 2.05. The molecule has 1 heterocycles. The summed E-state index contributed by atoms with van der Waals surface area (Å²) in [4.78, 5) is 11.3. The van der Waals surface area contributed by atoms with Crippen LogP contribution in [0.4, 0.5) is 4.79 Å². The van der Waals surface area contributed by atoms with Crippen LogP contribution in [0.3, 0.4) is 0 Å². The largest absolute Gasteiger partial charge is 0.447 e. The molecule has 0 spiro atoms. The summed E-state index contributed by atoms with van der Waals surface area (Å²) in [6.07, 6.45) is -0.341. The molecule has 3 nitrogen and oxygen atoms in total. The minimum Gasteiger partial charge on any atom is -0.447 e. The lowest BCUT2D eigenvalue weighted by molar-refractivity contribution is 0.177. The second kappa shape index (κ2) is 4.23. The van der Waals surface area contributed by atoms with Crippen molar-refractivity contribution in [2.45, 2.75) is 6.04 Å². The van der Waals surface area contributed by atoms with Crippen LogP contribution < -0.4 is 5.32 Å². The van der Waals surface area contributed by atoms with Crippen molar-refractivity contribution in [1.29, 1.82) is 0 Å². The predicted molar refractivity (Wildman–Crippen MR) is 78.7 cm³/mol. The molecule has 20 heavy (non-hydrogen) atoms. The third kappa shape index (κ3) is 1.63. The molecule has 3 aromatic rings. The van der Waals surface area contributed by atoms with Gasteiger partial charge in [0.05, 0.1) is 6.04 Å². The second-order valence-corrected chi connectivity index (χ2v) is 5.03. The van der Waals surface area contributed by atoms with Gasteiger partial charge in [0.2, 0.25) is 0 Å². The molecule has 0 aliphatic carbocycles. The minimum atomic E-state index is -0.341. The van der Waals surface area contributed by atoms with Crippen molar-refractivity contribution in [2.24, 2.45) is 0 Å². The first-order chi connectivity index (χ1) is 9.83. The van der Waals surface area contributed by atoms with Crippen LogP contribution in [0.5, 0.6) is 0 Å². The Kier molecular flexibility index (Phi) is 2.39. The molecule has 1 fully saturated rings. The maximum Gasteiger partial charge on any atom is 0.407 e. The van der Waals surface area contributed by atoms with E-state index in [4.69, 9.17) is 4.74 Å². The van der Waals surface area contributed by atoms with Gasteiger partial charge >= 0.3 is 6.09 Å². The number of carbonyl (C=O) groups is 1. The zero-order chi connectivity index (χ0) is 13.5. The molecule has 1 aliphatic heterocycles. The molecule has 1 atom stereocenters. The maximum atomic E-state index is 11.3. The lowest BCUT2D eigenvalue weighted by Crippen LogP contribution is -2.18. The number of nitrogens with one attached hydrogen (secondary N) is 1. The summed E-state index contributed by atoms with van der Waals surface area (Å²) in [5, 5.41) is 7.66. The summed E-state index contributed by atoms with van der Waals surface area (Å²) in [6.45, 7) is 0.390. The Hall–Kier alpha value is -2.55. The molecule has 3 aromatic carbocycles. The fraction of sp³-hybridized carbons (Fsp3) is 0.118. The highest BCUT2D eigenvalue weighted by Crippen LogP contribution is 2.33. The number of rotatable bonds is 1. The summed E-state index contributed by atoms with van der Waals surface area (Å²) in [5.41, 5.74) is 1.12. The minimum absolute atomic E-state index is 0.0722. The van der Waals surface area contributed by atoms with Crippen LogP contribution >= 0.6 is 0 Å². The van der Waals surface area contributed by atoms with E-state index in [1.54, 1.807) is 0 Å². The van der Waals surface area contributed by atoms with Gasteiger partial charge in [-0.15, -0.1) is 0 Å². The number of cyclic esters (lactones) is 1. The first kappa shape index (κ1) is 11.3. The number of ether oxygens (including phenoxy) is 1. The van der Waals surface area contributed by atoms with Crippen molar-refractivity contribution >= 4 is 27.6 Å². The number of benzene rings is 3. The highest BCUT2D eigenvalue weighted by atomic mass is 16.6. The monoisotopic (exact) mass is 263 g/mol. The SMILES string of the molecule is O=C1N[C@@H](c2cc3ccccc3c3ccccc23)CO1. The first-order valence-corrected chi connectivity index (χ1v) is 6.66. The third-order valence-corrected chi connectivity index (χ3v) is 3.85. The number of amides is 1. The van der Waals surface area contributed by atoms with Crippen LogP contribution in [0.2, 0.25) is 0 Å². The Morgan fingerprint density at radius 1 is 0.950 bits per heavy atom. The van der Waals surface area contributed by atoms with Gasteiger partial charge in [-0.3, -0.25) is 0 Å². The highest BCUT2D eigenvalue weighted by Gasteiger charge is 2.25. The van der Waals surface area contributed by atoms with Gasteiger partial charge in [-0.05, 0) is 33.2 Å². The number of hydrogen-bond acceptors (Lipinski definition) is 2. The molecule has 0 unspecified atom stereocenters.